The first kappa shape index (κ1) is 13.7. The fraction of sp³-hybridized carbons (Fsp3) is 0.500. The van der Waals surface area contributed by atoms with Crippen molar-refractivity contribution in [1.82, 2.24) is 5.32 Å². The zero-order chi connectivity index (χ0) is 13.3. The summed E-state index contributed by atoms with van der Waals surface area (Å²) in [5.41, 5.74) is 0.492. The molecule has 1 aliphatic rings. The third-order valence-corrected chi connectivity index (χ3v) is 4.15. The third kappa shape index (κ3) is 2.97. The van der Waals surface area contributed by atoms with Crippen molar-refractivity contribution in [2.75, 3.05) is 7.05 Å². The van der Waals surface area contributed by atoms with Crippen LogP contribution in [0.5, 0.6) is 0 Å². The molecule has 1 unspecified atom stereocenters. The summed E-state index contributed by atoms with van der Waals surface area (Å²) in [7, 11) is 1.85. The van der Waals surface area contributed by atoms with Crippen molar-refractivity contribution in [2.45, 2.75) is 25.3 Å². The van der Waals surface area contributed by atoms with Gasteiger partial charge < -0.3 is 5.32 Å². The molecule has 0 aromatic heterocycles. The number of hydrogen-bond donors (Lipinski definition) is 1. The maximum absolute atomic E-state index is 13.5. The molecule has 0 amide bonds. The van der Waals surface area contributed by atoms with Crippen LogP contribution in [0.3, 0.4) is 0 Å². The fourth-order valence-electron chi connectivity index (χ4n) is 2.15. The Balaban J connectivity index is 2.29. The average molecular weight is 364 g/mol. The van der Waals surface area contributed by atoms with Crippen LogP contribution in [-0.2, 0) is 6.42 Å². The Morgan fingerprint density at radius 2 is 2.28 bits per heavy atom. The molecule has 1 saturated carbocycles. The number of halogens is 2. The molecule has 98 valence electrons. The lowest BCUT2D eigenvalue weighted by Crippen LogP contribution is -2.30. The zero-order valence-corrected chi connectivity index (χ0v) is 12.1. The number of nitro groups is 1. The van der Waals surface area contributed by atoms with Gasteiger partial charge in [0.05, 0.1) is 8.49 Å². The lowest BCUT2D eigenvalue weighted by atomic mass is 10.0. The SMILES string of the molecule is CNC(Cc1cc(F)c(I)cc1[N+](=O)[O-])C1CC1. The first-order chi connectivity index (χ1) is 8.52. The first-order valence-electron chi connectivity index (χ1n) is 5.82. The van der Waals surface area contributed by atoms with Crippen molar-refractivity contribution >= 4 is 28.3 Å². The molecule has 1 aromatic rings. The predicted octanol–water partition coefficient (Wildman–Crippen LogP) is 2.88. The van der Waals surface area contributed by atoms with Crippen molar-refractivity contribution in [2.24, 2.45) is 5.92 Å². The van der Waals surface area contributed by atoms with Gasteiger partial charge >= 0.3 is 0 Å². The Morgan fingerprint density at radius 1 is 1.61 bits per heavy atom. The van der Waals surface area contributed by atoms with Gasteiger partial charge in [-0.25, -0.2) is 4.39 Å². The van der Waals surface area contributed by atoms with Gasteiger partial charge in [-0.3, -0.25) is 10.1 Å². The molecule has 0 radical (unpaired) electrons. The van der Waals surface area contributed by atoms with E-state index in [9.17, 15) is 14.5 Å². The van der Waals surface area contributed by atoms with Crippen LogP contribution in [-0.4, -0.2) is 18.0 Å². The van der Waals surface area contributed by atoms with Crippen LogP contribution in [0, 0.1) is 25.4 Å². The van der Waals surface area contributed by atoms with Gasteiger partial charge in [0.2, 0.25) is 0 Å². The molecule has 0 aliphatic heterocycles. The molecule has 2 rings (SSSR count). The highest BCUT2D eigenvalue weighted by Crippen LogP contribution is 2.35. The lowest BCUT2D eigenvalue weighted by molar-refractivity contribution is -0.385. The second-order valence-electron chi connectivity index (χ2n) is 4.59. The number of nitrogens with one attached hydrogen (secondary N) is 1. The summed E-state index contributed by atoms with van der Waals surface area (Å²) in [5, 5.41) is 14.2. The van der Waals surface area contributed by atoms with Crippen LogP contribution >= 0.6 is 22.6 Å². The van der Waals surface area contributed by atoms with E-state index < -0.39 is 4.92 Å². The van der Waals surface area contributed by atoms with Crippen molar-refractivity contribution in [1.29, 1.82) is 0 Å². The van der Waals surface area contributed by atoms with E-state index in [1.807, 2.05) is 7.05 Å². The summed E-state index contributed by atoms with van der Waals surface area (Å²) in [4.78, 5) is 10.6. The van der Waals surface area contributed by atoms with Crippen LogP contribution in [0.4, 0.5) is 10.1 Å². The van der Waals surface area contributed by atoms with Gasteiger partial charge in [0.25, 0.3) is 5.69 Å². The lowest BCUT2D eigenvalue weighted by Gasteiger charge is -2.15. The summed E-state index contributed by atoms with van der Waals surface area (Å²) in [6, 6.07) is 2.81. The highest BCUT2D eigenvalue weighted by molar-refractivity contribution is 14.1. The van der Waals surface area contributed by atoms with Gasteiger partial charge in [0, 0.05) is 17.7 Å². The van der Waals surface area contributed by atoms with E-state index in [0.29, 0.717) is 17.9 Å². The summed E-state index contributed by atoms with van der Waals surface area (Å²) >= 11 is 1.77. The number of nitrogens with zero attached hydrogens (tertiary/aromatic N) is 1. The maximum Gasteiger partial charge on any atom is 0.273 e. The van der Waals surface area contributed by atoms with Crippen molar-refractivity contribution < 1.29 is 9.31 Å². The molecular formula is C12H14FIN2O2. The first-order valence-corrected chi connectivity index (χ1v) is 6.90. The minimum atomic E-state index is -0.434. The molecule has 1 atom stereocenters. The minimum absolute atomic E-state index is 0.0155. The Labute approximate surface area is 118 Å². The van der Waals surface area contributed by atoms with Crippen molar-refractivity contribution in [3.63, 3.8) is 0 Å². The molecule has 1 fully saturated rings. The van der Waals surface area contributed by atoms with Gasteiger partial charge in [-0.15, -0.1) is 0 Å². The molecule has 0 bridgehead atoms. The van der Waals surface area contributed by atoms with Crippen LogP contribution in [0.25, 0.3) is 0 Å². The number of rotatable bonds is 5. The molecule has 1 N–H and O–H groups in total. The van der Waals surface area contributed by atoms with Crippen LogP contribution in [0.2, 0.25) is 0 Å². The van der Waals surface area contributed by atoms with E-state index in [4.69, 9.17) is 0 Å². The number of nitro benzene ring substituents is 1. The Hall–Kier alpha value is -0.760. The van der Waals surface area contributed by atoms with E-state index in [-0.39, 0.29) is 21.1 Å². The molecule has 0 heterocycles. The summed E-state index contributed by atoms with van der Waals surface area (Å²) in [6.07, 6.45) is 2.80. The summed E-state index contributed by atoms with van der Waals surface area (Å²) in [6.45, 7) is 0. The molecule has 4 nitrogen and oxygen atoms in total. The van der Waals surface area contributed by atoms with Crippen LogP contribution < -0.4 is 5.32 Å². The molecule has 0 saturated heterocycles. The second-order valence-corrected chi connectivity index (χ2v) is 5.75. The van der Waals surface area contributed by atoms with Gasteiger partial charge in [0.15, 0.2) is 0 Å². The average Bonchev–Trinajstić information content (AvgIpc) is 3.13. The number of likely N-dealkylation sites (N-methyl/N-ethyl adjacent to an activating group) is 1. The van der Waals surface area contributed by atoms with Crippen molar-refractivity contribution in [3.8, 4) is 0 Å². The van der Waals surface area contributed by atoms with E-state index >= 15 is 0 Å². The normalized spacial score (nSPS) is 16.6. The molecule has 1 aromatic carbocycles. The largest absolute Gasteiger partial charge is 0.316 e. The van der Waals surface area contributed by atoms with Crippen LogP contribution in [0.1, 0.15) is 18.4 Å². The topological polar surface area (TPSA) is 55.2 Å². The molecular weight excluding hydrogens is 350 g/mol. The highest BCUT2D eigenvalue weighted by atomic mass is 127. The van der Waals surface area contributed by atoms with E-state index in [1.54, 1.807) is 22.6 Å². The van der Waals surface area contributed by atoms with Gasteiger partial charge in [0.1, 0.15) is 5.82 Å². The Kier molecular flexibility index (Phi) is 4.16. The molecule has 18 heavy (non-hydrogen) atoms. The van der Waals surface area contributed by atoms with E-state index in [2.05, 4.69) is 5.32 Å². The number of benzene rings is 1. The monoisotopic (exact) mass is 364 g/mol. The van der Waals surface area contributed by atoms with Gasteiger partial charge in [-0.2, -0.15) is 0 Å². The quantitative estimate of drug-likeness (QED) is 0.497. The minimum Gasteiger partial charge on any atom is -0.316 e. The van der Waals surface area contributed by atoms with E-state index in [0.717, 1.165) is 12.8 Å². The predicted molar refractivity (Wildman–Crippen MR) is 75.0 cm³/mol. The summed E-state index contributed by atoms with van der Waals surface area (Å²) < 4.78 is 13.8. The third-order valence-electron chi connectivity index (χ3n) is 3.32. The Bertz CT molecular complexity index is 477. The van der Waals surface area contributed by atoms with E-state index in [1.165, 1.54) is 12.1 Å². The summed E-state index contributed by atoms with van der Waals surface area (Å²) in [5.74, 6) is 0.179. The second kappa shape index (κ2) is 5.48. The van der Waals surface area contributed by atoms with Crippen molar-refractivity contribution in [3.05, 3.63) is 37.2 Å². The Morgan fingerprint density at radius 3 is 2.78 bits per heavy atom. The standard InChI is InChI=1S/C12H14FIN2O2/c1-15-11(7-2-3-7)5-8-4-9(13)10(14)6-12(8)16(17)18/h4,6-7,11,15H,2-3,5H2,1H3. The van der Waals surface area contributed by atoms with Gasteiger partial charge in [-0.05, 0) is 60.9 Å². The highest BCUT2D eigenvalue weighted by Gasteiger charge is 2.32. The molecule has 6 heteroatoms. The molecule has 0 spiro atoms. The van der Waals surface area contributed by atoms with Gasteiger partial charge in [-0.1, -0.05) is 0 Å². The molecule has 1 aliphatic carbocycles. The number of hydrogen-bond acceptors (Lipinski definition) is 3. The fourth-order valence-corrected chi connectivity index (χ4v) is 2.60. The zero-order valence-electron chi connectivity index (χ0n) is 9.95. The maximum atomic E-state index is 13.5. The van der Waals surface area contributed by atoms with Crippen LogP contribution in [0.15, 0.2) is 12.1 Å². The smallest absolute Gasteiger partial charge is 0.273 e.